The van der Waals surface area contributed by atoms with E-state index in [1.165, 1.54) is 0 Å². The van der Waals surface area contributed by atoms with Crippen LogP contribution in [0.3, 0.4) is 0 Å². The predicted octanol–water partition coefficient (Wildman–Crippen LogP) is -1.51. The Morgan fingerprint density at radius 3 is 1.95 bits per heavy atom. The van der Waals surface area contributed by atoms with Gasteiger partial charge >= 0.3 is 17.9 Å². The molecule has 9 nitrogen and oxygen atoms in total. The zero-order valence-electron chi connectivity index (χ0n) is 11.8. The molecule has 120 valence electrons. The lowest BCUT2D eigenvalue weighted by atomic mass is 9.98. The van der Waals surface area contributed by atoms with Crippen LogP contribution in [0.25, 0.3) is 0 Å². The molecule has 0 aliphatic carbocycles. The number of esters is 3. The van der Waals surface area contributed by atoms with Crippen molar-refractivity contribution in [2.75, 3.05) is 6.61 Å². The molecular formula is C12H18O9. The molecule has 0 spiro atoms. The van der Waals surface area contributed by atoms with Gasteiger partial charge in [0.2, 0.25) is 0 Å². The molecule has 0 amide bonds. The molecule has 0 aromatic carbocycles. The summed E-state index contributed by atoms with van der Waals surface area (Å²) in [5.41, 5.74) is 0. The van der Waals surface area contributed by atoms with E-state index in [4.69, 9.17) is 14.2 Å². The van der Waals surface area contributed by atoms with Crippen LogP contribution in [0.5, 0.6) is 0 Å². The second kappa shape index (κ2) is 7.34. The summed E-state index contributed by atoms with van der Waals surface area (Å²) in [5, 5.41) is 19.9. The van der Waals surface area contributed by atoms with Crippen LogP contribution in [0.2, 0.25) is 0 Å². The molecule has 0 bridgehead atoms. The molecule has 21 heavy (non-hydrogen) atoms. The summed E-state index contributed by atoms with van der Waals surface area (Å²) in [6, 6.07) is 0. The fourth-order valence-electron chi connectivity index (χ4n) is 1.89. The standard InChI is InChI=1S/C12H18O9/c1-5(13)18-4-8-9(16)10(19-6(2)14)11(12(17)21-8)20-7(3)15/h8-12,16-17H,4H2,1-3H3/t8-,9-,10+,11-,12-/m1/s1. The van der Waals surface area contributed by atoms with Crippen molar-refractivity contribution in [3.05, 3.63) is 0 Å². The third kappa shape index (κ3) is 4.96. The van der Waals surface area contributed by atoms with Crippen molar-refractivity contribution >= 4 is 17.9 Å². The van der Waals surface area contributed by atoms with Crippen LogP contribution in [-0.2, 0) is 33.3 Å². The maximum atomic E-state index is 11.1. The molecule has 1 aliphatic heterocycles. The second-order valence-corrected chi connectivity index (χ2v) is 4.51. The number of aliphatic hydroxyl groups excluding tert-OH is 2. The largest absolute Gasteiger partial charge is 0.463 e. The van der Waals surface area contributed by atoms with Crippen LogP contribution >= 0.6 is 0 Å². The number of carbonyl (C=O) groups excluding carboxylic acids is 3. The molecule has 5 atom stereocenters. The normalized spacial score (nSPS) is 32.1. The van der Waals surface area contributed by atoms with Crippen LogP contribution < -0.4 is 0 Å². The highest BCUT2D eigenvalue weighted by molar-refractivity contribution is 5.67. The van der Waals surface area contributed by atoms with Crippen molar-refractivity contribution in [2.45, 2.75) is 51.5 Å². The fourth-order valence-corrected chi connectivity index (χ4v) is 1.89. The number of aliphatic hydroxyl groups is 2. The third-order valence-electron chi connectivity index (χ3n) is 2.69. The summed E-state index contributed by atoms with van der Waals surface area (Å²) >= 11 is 0. The van der Waals surface area contributed by atoms with Crippen LogP contribution in [0, 0.1) is 0 Å². The highest BCUT2D eigenvalue weighted by Crippen LogP contribution is 2.25. The molecule has 0 saturated carbocycles. The zero-order chi connectivity index (χ0) is 16.2. The minimum Gasteiger partial charge on any atom is -0.463 e. The van der Waals surface area contributed by atoms with Crippen molar-refractivity contribution in [3.8, 4) is 0 Å². The van der Waals surface area contributed by atoms with Gasteiger partial charge < -0.3 is 29.2 Å². The Hall–Kier alpha value is -1.71. The second-order valence-electron chi connectivity index (χ2n) is 4.51. The Labute approximate surface area is 120 Å². The van der Waals surface area contributed by atoms with E-state index in [2.05, 4.69) is 4.74 Å². The van der Waals surface area contributed by atoms with Crippen molar-refractivity contribution in [2.24, 2.45) is 0 Å². The SMILES string of the molecule is CC(=O)OC[C@H]1O[C@@H](O)[C@H](OC(C)=O)[C@@H](OC(C)=O)[C@@H]1O. The van der Waals surface area contributed by atoms with Crippen molar-refractivity contribution < 1.29 is 43.5 Å². The van der Waals surface area contributed by atoms with E-state index in [-0.39, 0.29) is 6.61 Å². The smallest absolute Gasteiger partial charge is 0.303 e. The summed E-state index contributed by atoms with van der Waals surface area (Å²) in [6.45, 7) is 3.00. The molecule has 1 saturated heterocycles. The van der Waals surface area contributed by atoms with Gasteiger partial charge in [0.25, 0.3) is 0 Å². The number of hydrogen-bond acceptors (Lipinski definition) is 9. The maximum absolute atomic E-state index is 11.1. The molecule has 9 heteroatoms. The Kier molecular flexibility index (Phi) is 6.06. The minimum atomic E-state index is -1.64. The molecule has 1 heterocycles. The molecule has 1 rings (SSSR count). The highest BCUT2D eigenvalue weighted by atomic mass is 16.7. The van der Waals surface area contributed by atoms with Crippen molar-refractivity contribution in [1.29, 1.82) is 0 Å². The Morgan fingerprint density at radius 1 is 0.952 bits per heavy atom. The molecule has 1 fully saturated rings. The Bertz CT molecular complexity index is 408. The molecule has 0 radical (unpaired) electrons. The molecule has 1 aliphatic rings. The van der Waals surface area contributed by atoms with Gasteiger partial charge in [0, 0.05) is 20.8 Å². The van der Waals surface area contributed by atoms with Gasteiger partial charge in [-0.25, -0.2) is 0 Å². The lowest BCUT2D eigenvalue weighted by Gasteiger charge is -2.41. The first kappa shape index (κ1) is 17.3. The zero-order valence-corrected chi connectivity index (χ0v) is 11.8. The van der Waals surface area contributed by atoms with Gasteiger partial charge in [-0.15, -0.1) is 0 Å². The number of carbonyl (C=O) groups is 3. The van der Waals surface area contributed by atoms with Crippen LogP contribution in [0.1, 0.15) is 20.8 Å². The van der Waals surface area contributed by atoms with Gasteiger partial charge in [-0.1, -0.05) is 0 Å². The van der Waals surface area contributed by atoms with Gasteiger partial charge in [0.15, 0.2) is 18.5 Å². The Morgan fingerprint density at radius 2 is 1.48 bits per heavy atom. The Balaban J connectivity index is 2.87. The van der Waals surface area contributed by atoms with E-state index in [1.54, 1.807) is 0 Å². The van der Waals surface area contributed by atoms with Crippen LogP contribution in [0.4, 0.5) is 0 Å². The lowest BCUT2D eigenvalue weighted by Crippen LogP contribution is -2.61. The van der Waals surface area contributed by atoms with Gasteiger partial charge in [0.05, 0.1) is 0 Å². The fraction of sp³-hybridized carbons (Fsp3) is 0.750. The molecule has 0 aromatic heterocycles. The first-order valence-corrected chi connectivity index (χ1v) is 6.21. The van der Waals surface area contributed by atoms with Gasteiger partial charge in [0.1, 0.15) is 18.8 Å². The van der Waals surface area contributed by atoms with Crippen molar-refractivity contribution in [3.63, 3.8) is 0 Å². The maximum Gasteiger partial charge on any atom is 0.303 e. The van der Waals surface area contributed by atoms with E-state index in [0.717, 1.165) is 20.8 Å². The molecule has 0 unspecified atom stereocenters. The van der Waals surface area contributed by atoms with E-state index in [0.29, 0.717) is 0 Å². The van der Waals surface area contributed by atoms with Gasteiger partial charge in [-0.05, 0) is 0 Å². The summed E-state index contributed by atoms with van der Waals surface area (Å²) in [5.74, 6) is -2.09. The average Bonchev–Trinajstić information content (AvgIpc) is 2.35. The molecular weight excluding hydrogens is 288 g/mol. The number of rotatable bonds is 4. The minimum absolute atomic E-state index is 0.349. The third-order valence-corrected chi connectivity index (χ3v) is 2.69. The monoisotopic (exact) mass is 306 g/mol. The number of ether oxygens (including phenoxy) is 4. The predicted molar refractivity (Wildman–Crippen MR) is 64.6 cm³/mol. The van der Waals surface area contributed by atoms with Crippen LogP contribution in [0.15, 0.2) is 0 Å². The first-order valence-electron chi connectivity index (χ1n) is 6.21. The number of hydrogen-bond donors (Lipinski definition) is 2. The summed E-state index contributed by atoms with van der Waals surface area (Å²) < 4.78 is 19.4. The molecule has 0 aromatic rings. The lowest BCUT2D eigenvalue weighted by molar-refractivity contribution is -0.293. The van der Waals surface area contributed by atoms with Gasteiger partial charge in [-0.3, -0.25) is 14.4 Å². The van der Waals surface area contributed by atoms with Crippen LogP contribution in [-0.4, -0.2) is 65.4 Å². The van der Waals surface area contributed by atoms with E-state index < -0.39 is 48.6 Å². The van der Waals surface area contributed by atoms with Crippen molar-refractivity contribution in [1.82, 2.24) is 0 Å². The first-order chi connectivity index (χ1) is 9.72. The van der Waals surface area contributed by atoms with E-state index >= 15 is 0 Å². The summed E-state index contributed by atoms with van der Waals surface area (Å²) in [6.07, 6.45) is -6.92. The summed E-state index contributed by atoms with van der Waals surface area (Å²) in [7, 11) is 0. The molecule has 2 N–H and O–H groups in total. The summed E-state index contributed by atoms with van der Waals surface area (Å²) in [4.78, 5) is 32.9. The highest BCUT2D eigenvalue weighted by Gasteiger charge is 2.49. The van der Waals surface area contributed by atoms with E-state index in [9.17, 15) is 24.6 Å². The van der Waals surface area contributed by atoms with E-state index in [1.807, 2.05) is 0 Å². The topological polar surface area (TPSA) is 129 Å². The average molecular weight is 306 g/mol. The van der Waals surface area contributed by atoms with Gasteiger partial charge in [-0.2, -0.15) is 0 Å². The quantitative estimate of drug-likeness (QED) is 0.470.